The van der Waals surface area contributed by atoms with Crippen molar-refractivity contribution in [2.75, 3.05) is 18.4 Å². The number of piperidine rings is 1. The molecule has 0 aliphatic carbocycles. The molecule has 1 fully saturated rings. The lowest BCUT2D eigenvalue weighted by Crippen LogP contribution is -2.30. The van der Waals surface area contributed by atoms with Crippen LogP contribution < -0.4 is 10.6 Å². The van der Waals surface area contributed by atoms with Gasteiger partial charge in [0, 0.05) is 35.3 Å². The number of anilines is 1. The van der Waals surface area contributed by atoms with Crippen LogP contribution in [0.5, 0.6) is 0 Å². The number of H-pyrrole nitrogens is 2. The second-order valence-corrected chi connectivity index (χ2v) is 11.7. The van der Waals surface area contributed by atoms with Crippen LogP contribution in [0.4, 0.5) is 5.69 Å². The van der Waals surface area contributed by atoms with Crippen LogP contribution in [0.3, 0.4) is 0 Å². The van der Waals surface area contributed by atoms with Gasteiger partial charge in [-0.05, 0) is 81.2 Å². The van der Waals surface area contributed by atoms with Crippen molar-refractivity contribution in [1.82, 2.24) is 35.5 Å². The van der Waals surface area contributed by atoms with E-state index in [1.165, 1.54) is 11.3 Å². The van der Waals surface area contributed by atoms with E-state index in [0.29, 0.717) is 34.1 Å². The van der Waals surface area contributed by atoms with E-state index in [9.17, 15) is 9.59 Å². The second-order valence-electron chi connectivity index (χ2n) is 10.6. The molecule has 1 aliphatic heterocycles. The summed E-state index contributed by atoms with van der Waals surface area (Å²) < 4.78 is 0. The van der Waals surface area contributed by atoms with Crippen LogP contribution in [0, 0.1) is 5.92 Å². The Morgan fingerprint density at radius 1 is 1.02 bits per heavy atom. The lowest BCUT2D eigenvalue weighted by atomic mass is 9.94. The van der Waals surface area contributed by atoms with Gasteiger partial charge in [-0.3, -0.25) is 24.7 Å². The molecule has 0 bridgehead atoms. The molecular formula is C31H28N8O2S. The number of carbonyl (C=O) groups is 2. The minimum atomic E-state index is 0.00844. The van der Waals surface area contributed by atoms with Crippen molar-refractivity contribution in [1.29, 1.82) is 0 Å². The molecule has 0 aromatic carbocycles. The monoisotopic (exact) mass is 576 g/mol. The van der Waals surface area contributed by atoms with Gasteiger partial charge in [-0.2, -0.15) is 5.10 Å². The quantitative estimate of drug-likeness (QED) is 0.175. The number of pyridine rings is 3. The maximum absolute atomic E-state index is 12.7. The van der Waals surface area contributed by atoms with Crippen molar-refractivity contribution in [2.24, 2.45) is 5.92 Å². The smallest absolute Gasteiger partial charge is 0.224 e. The molecule has 1 aliphatic rings. The molecule has 10 nitrogen and oxygen atoms in total. The van der Waals surface area contributed by atoms with Crippen LogP contribution in [0.1, 0.15) is 35.9 Å². The first-order valence-electron chi connectivity index (χ1n) is 13.9. The molecule has 0 atom stereocenters. The molecule has 0 radical (unpaired) electrons. The zero-order valence-corrected chi connectivity index (χ0v) is 23.7. The predicted molar refractivity (Wildman–Crippen MR) is 164 cm³/mol. The summed E-state index contributed by atoms with van der Waals surface area (Å²) >= 11 is 1.44. The van der Waals surface area contributed by atoms with Crippen LogP contribution in [0.25, 0.3) is 55.2 Å². The fourth-order valence-corrected chi connectivity index (χ4v) is 6.40. The summed E-state index contributed by atoms with van der Waals surface area (Å²) in [5.41, 5.74) is 6.89. The first kappa shape index (κ1) is 26.2. The third kappa shape index (κ3) is 5.08. The molecule has 11 heteroatoms. The van der Waals surface area contributed by atoms with Crippen LogP contribution in [0.15, 0.2) is 61.1 Å². The van der Waals surface area contributed by atoms with Crippen molar-refractivity contribution in [3.05, 3.63) is 65.9 Å². The lowest BCUT2D eigenvalue weighted by molar-refractivity contribution is -0.117. The molecule has 42 heavy (non-hydrogen) atoms. The van der Waals surface area contributed by atoms with Gasteiger partial charge in [0.2, 0.25) is 5.91 Å². The van der Waals surface area contributed by atoms with E-state index in [1.54, 1.807) is 25.5 Å². The normalized spacial score (nSPS) is 14.0. The van der Waals surface area contributed by atoms with Crippen molar-refractivity contribution < 1.29 is 9.59 Å². The van der Waals surface area contributed by atoms with Gasteiger partial charge >= 0.3 is 0 Å². The Bertz CT molecular complexity index is 1950. The number of fused-ring (bicyclic) bond motifs is 2. The molecule has 4 N–H and O–H groups in total. The van der Waals surface area contributed by atoms with Gasteiger partial charge in [-0.1, -0.05) is 0 Å². The van der Waals surface area contributed by atoms with Gasteiger partial charge in [0.05, 0.1) is 44.2 Å². The van der Waals surface area contributed by atoms with Crippen molar-refractivity contribution in [3.63, 3.8) is 0 Å². The minimum absolute atomic E-state index is 0.00844. The topological polar surface area (TPSA) is 141 Å². The van der Waals surface area contributed by atoms with E-state index in [0.717, 1.165) is 69.9 Å². The molecule has 0 unspecified atom stereocenters. The molecule has 7 rings (SSSR count). The Labute approximate surface area is 245 Å². The molecule has 1 saturated heterocycles. The van der Waals surface area contributed by atoms with Gasteiger partial charge in [-0.15, -0.1) is 11.3 Å². The van der Waals surface area contributed by atoms with Gasteiger partial charge in [0.15, 0.2) is 5.78 Å². The van der Waals surface area contributed by atoms with Crippen molar-refractivity contribution in [3.8, 4) is 33.2 Å². The fourth-order valence-electron chi connectivity index (χ4n) is 5.49. The summed E-state index contributed by atoms with van der Waals surface area (Å²) in [5, 5.41) is 15.0. The summed E-state index contributed by atoms with van der Waals surface area (Å²) in [6, 6.07) is 13.5. The van der Waals surface area contributed by atoms with Gasteiger partial charge in [-0.25, -0.2) is 4.98 Å². The summed E-state index contributed by atoms with van der Waals surface area (Å²) in [7, 11) is 0. The first-order valence-corrected chi connectivity index (χ1v) is 14.7. The van der Waals surface area contributed by atoms with Gasteiger partial charge < -0.3 is 15.6 Å². The third-order valence-corrected chi connectivity index (χ3v) is 8.84. The molecular weight excluding hydrogens is 548 g/mol. The maximum atomic E-state index is 12.7. The molecule has 1 amide bonds. The Kier molecular flexibility index (Phi) is 6.80. The maximum Gasteiger partial charge on any atom is 0.224 e. The largest absolute Gasteiger partial charge is 0.353 e. The molecule has 6 aromatic rings. The van der Waals surface area contributed by atoms with Crippen molar-refractivity contribution in [2.45, 2.75) is 26.2 Å². The SMILES string of the molecule is CC(=O)c1ccc(-c2nccc3[nH]c(-c4n[nH]c5ccc(-c6cncc(NC(=O)CC7CCNCC7)c6)nc45)cc23)s1. The lowest BCUT2D eigenvalue weighted by Gasteiger charge is -2.21. The van der Waals surface area contributed by atoms with E-state index >= 15 is 0 Å². The molecule has 0 saturated carbocycles. The third-order valence-electron chi connectivity index (χ3n) is 7.65. The second kappa shape index (κ2) is 10.9. The Hall–Kier alpha value is -4.74. The standard InChI is InChI=1S/C31H28N8O2S/c1-17(40)26-4-5-27(42-26)29-21-14-25(36-23(21)8-11-34-29)31-30-24(38-39-31)3-2-22(37-30)19-13-20(16-33-15-19)35-28(41)12-18-6-9-32-10-7-18/h2-5,8,11,13-16,18,32,36H,6-7,9-10,12H2,1H3,(H,35,41)(H,38,39). The van der Waals surface area contributed by atoms with E-state index in [-0.39, 0.29) is 11.7 Å². The summed E-state index contributed by atoms with van der Waals surface area (Å²) in [4.78, 5) is 43.6. The highest BCUT2D eigenvalue weighted by Gasteiger charge is 2.19. The number of hydrogen-bond acceptors (Lipinski definition) is 8. The Morgan fingerprint density at radius 2 is 1.90 bits per heavy atom. The van der Waals surface area contributed by atoms with E-state index in [2.05, 4.69) is 35.8 Å². The highest BCUT2D eigenvalue weighted by atomic mass is 32.1. The van der Waals surface area contributed by atoms with Crippen LogP contribution >= 0.6 is 11.3 Å². The van der Waals surface area contributed by atoms with Gasteiger partial charge in [0.1, 0.15) is 11.2 Å². The zero-order valence-electron chi connectivity index (χ0n) is 22.9. The Balaban J connectivity index is 1.19. The molecule has 6 aromatic heterocycles. The van der Waals surface area contributed by atoms with Gasteiger partial charge in [0.25, 0.3) is 0 Å². The van der Waals surface area contributed by atoms with Crippen LogP contribution in [-0.4, -0.2) is 54.9 Å². The van der Waals surface area contributed by atoms with E-state index < -0.39 is 0 Å². The number of nitrogens with zero attached hydrogens (tertiary/aromatic N) is 4. The highest BCUT2D eigenvalue weighted by Crippen LogP contribution is 2.36. The zero-order chi connectivity index (χ0) is 28.6. The first-order chi connectivity index (χ1) is 20.5. The molecule has 7 heterocycles. The average Bonchev–Trinajstić information content (AvgIpc) is 3.75. The average molecular weight is 577 g/mol. The van der Waals surface area contributed by atoms with E-state index in [1.807, 2.05) is 42.5 Å². The number of hydrogen-bond donors (Lipinski definition) is 4. The summed E-state index contributed by atoms with van der Waals surface area (Å²) in [6.07, 6.45) is 7.72. The van der Waals surface area contributed by atoms with Crippen LogP contribution in [-0.2, 0) is 4.79 Å². The molecule has 210 valence electrons. The number of aromatic amines is 2. The number of thiophene rings is 1. The predicted octanol–water partition coefficient (Wildman–Crippen LogP) is 5.82. The number of Topliss-reactive ketones (excluding diaryl/α,β-unsaturated/α-hetero) is 1. The summed E-state index contributed by atoms with van der Waals surface area (Å²) in [6.45, 7) is 3.50. The Morgan fingerprint density at radius 3 is 2.74 bits per heavy atom. The molecule has 0 spiro atoms. The van der Waals surface area contributed by atoms with Crippen molar-refractivity contribution >= 4 is 50.7 Å². The number of amides is 1. The van der Waals surface area contributed by atoms with Crippen LogP contribution in [0.2, 0.25) is 0 Å². The number of ketones is 1. The van der Waals surface area contributed by atoms with E-state index in [4.69, 9.17) is 4.98 Å². The number of carbonyl (C=O) groups excluding carboxylic acids is 2. The minimum Gasteiger partial charge on any atom is -0.353 e. The summed E-state index contributed by atoms with van der Waals surface area (Å²) in [5.74, 6) is 0.457. The fraction of sp³-hybridized carbons (Fsp3) is 0.226. The number of aromatic nitrogens is 6. The number of rotatable bonds is 7. The highest BCUT2D eigenvalue weighted by molar-refractivity contribution is 7.17. The number of nitrogens with one attached hydrogen (secondary N) is 4.